The van der Waals surface area contributed by atoms with Crippen LogP contribution >= 0.6 is 0 Å². The summed E-state index contributed by atoms with van der Waals surface area (Å²) in [5, 5.41) is 4.38. The van der Waals surface area contributed by atoms with Crippen LogP contribution in [0, 0.1) is 12.7 Å². The van der Waals surface area contributed by atoms with E-state index < -0.39 is 12.8 Å². The predicted octanol–water partition coefficient (Wildman–Crippen LogP) is 4.93. The van der Waals surface area contributed by atoms with Gasteiger partial charge in [0.05, 0.1) is 17.1 Å². The molecule has 2 aromatic carbocycles. The van der Waals surface area contributed by atoms with Gasteiger partial charge in [0, 0.05) is 5.56 Å². The third-order valence-corrected chi connectivity index (χ3v) is 3.44. The number of hydrogen-bond donors (Lipinski definition) is 0. The quantitative estimate of drug-likeness (QED) is 0.624. The van der Waals surface area contributed by atoms with Gasteiger partial charge in [-0.25, -0.2) is 9.07 Å². The van der Waals surface area contributed by atoms with Crippen molar-refractivity contribution in [2.24, 2.45) is 0 Å². The summed E-state index contributed by atoms with van der Waals surface area (Å²) in [4.78, 5) is 0. The molecular formula is C18H14F4N2O. The van der Waals surface area contributed by atoms with Crippen LogP contribution in [0.4, 0.5) is 17.6 Å². The maximum atomic E-state index is 13.1. The Bertz CT molecular complexity index is 870. The van der Waals surface area contributed by atoms with Gasteiger partial charge < -0.3 is 4.74 Å². The summed E-state index contributed by atoms with van der Waals surface area (Å²) < 4.78 is 56.5. The second-order valence-corrected chi connectivity index (χ2v) is 5.49. The van der Waals surface area contributed by atoms with Crippen LogP contribution in [0.2, 0.25) is 0 Å². The van der Waals surface area contributed by atoms with Gasteiger partial charge in [-0.05, 0) is 49.4 Å². The smallest absolute Gasteiger partial charge is 0.422 e. The van der Waals surface area contributed by atoms with Gasteiger partial charge >= 0.3 is 6.18 Å². The number of ether oxygens (including phenoxy) is 1. The van der Waals surface area contributed by atoms with Gasteiger partial charge in [-0.15, -0.1) is 0 Å². The Hall–Kier alpha value is -2.83. The first kappa shape index (κ1) is 17.0. The summed E-state index contributed by atoms with van der Waals surface area (Å²) >= 11 is 0. The second kappa shape index (κ2) is 6.58. The molecule has 1 aromatic heterocycles. The molecule has 3 nitrogen and oxygen atoms in total. The van der Waals surface area contributed by atoms with Gasteiger partial charge in [0.2, 0.25) is 0 Å². The minimum absolute atomic E-state index is 0.110. The molecule has 0 amide bonds. The Morgan fingerprint density at radius 3 is 2.44 bits per heavy atom. The molecule has 0 aliphatic rings. The van der Waals surface area contributed by atoms with E-state index in [4.69, 9.17) is 4.74 Å². The van der Waals surface area contributed by atoms with Crippen LogP contribution in [0.1, 0.15) is 5.69 Å². The lowest BCUT2D eigenvalue weighted by molar-refractivity contribution is -0.153. The lowest BCUT2D eigenvalue weighted by atomic mass is 10.1. The van der Waals surface area contributed by atoms with Crippen LogP contribution < -0.4 is 4.74 Å². The number of nitrogens with zero attached hydrogens (tertiary/aromatic N) is 2. The topological polar surface area (TPSA) is 27.1 Å². The summed E-state index contributed by atoms with van der Waals surface area (Å²) in [5.74, 6) is -0.254. The van der Waals surface area contributed by atoms with Crippen LogP contribution in [-0.4, -0.2) is 22.6 Å². The average Bonchev–Trinajstić information content (AvgIpc) is 2.95. The standard InChI is InChI=1S/C18H14F4N2O/c1-12-9-17(24(23-12)15-7-5-14(19)6-8-15)13-3-2-4-16(10-13)25-11-18(20,21)22/h2-10H,11H2,1H3. The molecule has 0 bridgehead atoms. The van der Waals surface area contributed by atoms with Crippen molar-refractivity contribution in [2.45, 2.75) is 13.1 Å². The highest BCUT2D eigenvalue weighted by Crippen LogP contribution is 2.28. The van der Waals surface area contributed by atoms with E-state index in [0.29, 0.717) is 16.9 Å². The molecule has 0 aliphatic carbocycles. The first-order valence-corrected chi connectivity index (χ1v) is 7.44. The molecule has 0 aliphatic heterocycles. The molecular weight excluding hydrogens is 336 g/mol. The lowest BCUT2D eigenvalue weighted by Gasteiger charge is -2.11. The lowest BCUT2D eigenvalue weighted by Crippen LogP contribution is -2.19. The molecule has 130 valence electrons. The van der Waals surface area contributed by atoms with Gasteiger partial charge in [-0.2, -0.15) is 18.3 Å². The third kappa shape index (κ3) is 4.17. The fourth-order valence-electron chi connectivity index (χ4n) is 2.39. The van der Waals surface area contributed by atoms with Gasteiger partial charge in [0.1, 0.15) is 11.6 Å². The van der Waals surface area contributed by atoms with Crippen molar-refractivity contribution >= 4 is 0 Å². The van der Waals surface area contributed by atoms with E-state index >= 15 is 0 Å². The molecule has 0 saturated heterocycles. The molecule has 1 heterocycles. The van der Waals surface area contributed by atoms with Gasteiger partial charge in [0.25, 0.3) is 0 Å². The Balaban J connectivity index is 1.96. The molecule has 0 spiro atoms. The average molecular weight is 350 g/mol. The van der Waals surface area contributed by atoms with E-state index in [0.717, 1.165) is 5.69 Å². The first-order chi connectivity index (χ1) is 11.8. The van der Waals surface area contributed by atoms with E-state index in [-0.39, 0.29) is 11.6 Å². The highest BCUT2D eigenvalue weighted by molar-refractivity contribution is 5.64. The summed E-state index contributed by atoms with van der Waals surface area (Å²) in [6.07, 6.45) is -4.40. The maximum Gasteiger partial charge on any atom is 0.422 e. The fraction of sp³-hybridized carbons (Fsp3) is 0.167. The van der Waals surface area contributed by atoms with E-state index in [9.17, 15) is 17.6 Å². The zero-order chi connectivity index (χ0) is 18.0. The SMILES string of the molecule is Cc1cc(-c2cccc(OCC(F)(F)F)c2)n(-c2ccc(F)cc2)n1. The Morgan fingerprint density at radius 1 is 1.04 bits per heavy atom. The molecule has 0 saturated carbocycles. The first-order valence-electron chi connectivity index (χ1n) is 7.44. The number of hydrogen-bond acceptors (Lipinski definition) is 2. The predicted molar refractivity (Wildman–Crippen MR) is 85.2 cm³/mol. The molecule has 0 unspecified atom stereocenters. The normalized spacial score (nSPS) is 11.6. The Morgan fingerprint density at radius 2 is 1.76 bits per heavy atom. The Labute approximate surface area is 141 Å². The fourth-order valence-corrected chi connectivity index (χ4v) is 2.39. The van der Waals surface area contributed by atoms with E-state index in [2.05, 4.69) is 5.10 Å². The molecule has 3 rings (SSSR count). The zero-order valence-corrected chi connectivity index (χ0v) is 13.2. The monoisotopic (exact) mass is 350 g/mol. The minimum Gasteiger partial charge on any atom is -0.484 e. The van der Waals surface area contributed by atoms with Gasteiger partial charge in [-0.3, -0.25) is 0 Å². The van der Waals surface area contributed by atoms with Crippen molar-refractivity contribution in [3.63, 3.8) is 0 Å². The van der Waals surface area contributed by atoms with E-state index in [1.165, 1.54) is 24.3 Å². The third-order valence-electron chi connectivity index (χ3n) is 3.44. The number of halogens is 4. The van der Waals surface area contributed by atoms with Gasteiger partial charge in [-0.1, -0.05) is 12.1 Å². The maximum absolute atomic E-state index is 13.1. The molecule has 7 heteroatoms. The summed E-state index contributed by atoms with van der Waals surface area (Å²) in [6.45, 7) is 0.445. The zero-order valence-electron chi connectivity index (χ0n) is 13.2. The molecule has 0 N–H and O–H groups in total. The van der Waals surface area contributed by atoms with Crippen molar-refractivity contribution in [3.05, 3.63) is 66.1 Å². The second-order valence-electron chi connectivity index (χ2n) is 5.49. The summed E-state index contributed by atoms with van der Waals surface area (Å²) in [6, 6.07) is 13.9. The van der Waals surface area contributed by atoms with Crippen LogP contribution in [0.25, 0.3) is 16.9 Å². The van der Waals surface area contributed by atoms with Crippen LogP contribution in [-0.2, 0) is 0 Å². The van der Waals surface area contributed by atoms with Crippen molar-refractivity contribution in [1.82, 2.24) is 9.78 Å². The Kier molecular flexibility index (Phi) is 4.48. The van der Waals surface area contributed by atoms with Crippen LogP contribution in [0.3, 0.4) is 0 Å². The summed E-state index contributed by atoms with van der Waals surface area (Å²) in [5.41, 5.74) is 2.68. The molecule has 3 aromatic rings. The van der Waals surface area contributed by atoms with Crippen molar-refractivity contribution in [3.8, 4) is 22.7 Å². The highest BCUT2D eigenvalue weighted by atomic mass is 19.4. The number of aromatic nitrogens is 2. The van der Waals surface area contributed by atoms with Gasteiger partial charge in [0.15, 0.2) is 6.61 Å². The number of aryl methyl sites for hydroxylation is 1. The minimum atomic E-state index is -4.40. The van der Waals surface area contributed by atoms with Crippen LogP contribution in [0.5, 0.6) is 5.75 Å². The largest absolute Gasteiger partial charge is 0.484 e. The van der Waals surface area contributed by atoms with E-state index in [1.807, 2.05) is 0 Å². The number of benzene rings is 2. The van der Waals surface area contributed by atoms with Crippen molar-refractivity contribution in [1.29, 1.82) is 0 Å². The molecule has 25 heavy (non-hydrogen) atoms. The molecule has 0 fully saturated rings. The molecule has 0 radical (unpaired) electrons. The van der Waals surface area contributed by atoms with Crippen molar-refractivity contribution in [2.75, 3.05) is 6.61 Å². The van der Waals surface area contributed by atoms with Crippen LogP contribution in [0.15, 0.2) is 54.6 Å². The van der Waals surface area contributed by atoms with E-state index in [1.54, 1.807) is 41.9 Å². The number of alkyl halides is 3. The number of rotatable bonds is 4. The van der Waals surface area contributed by atoms with Crippen molar-refractivity contribution < 1.29 is 22.3 Å². The summed E-state index contributed by atoms with van der Waals surface area (Å²) in [7, 11) is 0. The molecule has 0 atom stereocenters. The highest BCUT2D eigenvalue weighted by Gasteiger charge is 2.28.